The number of fused-ring (bicyclic) bond motifs is 2. The zero-order valence-electron chi connectivity index (χ0n) is 16.8. The molecule has 0 aliphatic rings. The Hall–Kier alpha value is -3.19. The van der Waals surface area contributed by atoms with Crippen LogP contribution in [0.3, 0.4) is 0 Å². The highest BCUT2D eigenvalue weighted by Gasteiger charge is 2.22. The largest absolute Gasteiger partial charge is 0.450 e. The van der Waals surface area contributed by atoms with Gasteiger partial charge >= 0.3 is 5.97 Å². The maximum atomic E-state index is 13.0. The molecule has 0 spiro atoms. The molecule has 2 heterocycles. The predicted molar refractivity (Wildman–Crippen MR) is 116 cm³/mol. The second-order valence-corrected chi connectivity index (χ2v) is 8.04. The van der Waals surface area contributed by atoms with E-state index in [0.29, 0.717) is 28.2 Å². The van der Waals surface area contributed by atoms with E-state index in [9.17, 15) is 9.59 Å². The molecule has 30 heavy (non-hydrogen) atoms. The number of hydrogen-bond acceptors (Lipinski definition) is 5. The van der Waals surface area contributed by atoms with Crippen LogP contribution < -0.4 is 5.56 Å². The SMILES string of the molecule is CC(C)Cn1nc(C(=O)O[C@H](C)c2nc3ccc(Cl)cc3[nH]2)c2ccccc2c1=O. The second kappa shape index (κ2) is 7.91. The van der Waals surface area contributed by atoms with E-state index in [-0.39, 0.29) is 17.2 Å². The highest BCUT2D eigenvalue weighted by molar-refractivity contribution is 6.31. The van der Waals surface area contributed by atoms with Crippen LogP contribution in [0.5, 0.6) is 0 Å². The number of benzene rings is 2. The molecule has 0 amide bonds. The Morgan fingerprint density at radius 3 is 2.63 bits per heavy atom. The average molecular weight is 425 g/mol. The summed E-state index contributed by atoms with van der Waals surface area (Å²) in [6, 6.07) is 12.2. The fourth-order valence-electron chi connectivity index (χ4n) is 3.32. The van der Waals surface area contributed by atoms with E-state index in [1.165, 1.54) is 4.68 Å². The molecular formula is C22H21ClN4O3. The summed E-state index contributed by atoms with van der Waals surface area (Å²) >= 11 is 6.02. The summed E-state index contributed by atoms with van der Waals surface area (Å²) in [5, 5.41) is 5.82. The molecule has 8 heteroatoms. The van der Waals surface area contributed by atoms with E-state index in [1.54, 1.807) is 49.4 Å². The van der Waals surface area contributed by atoms with E-state index in [1.807, 2.05) is 13.8 Å². The Morgan fingerprint density at radius 2 is 1.90 bits per heavy atom. The van der Waals surface area contributed by atoms with E-state index in [0.717, 1.165) is 11.0 Å². The third-order valence-corrected chi connectivity index (χ3v) is 4.97. The third-order valence-electron chi connectivity index (χ3n) is 4.73. The minimum atomic E-state index is -0.644. The molecule has 2 aromatic carbocycles. The zero-order chi connectivity index (χ0) is 21.4. The quantitative estimate of drug-likeness (QED) is 0.476. The number of imidazole rings is 1. The van der Waals surface area contributed by atoms with Gasteiger partial charge in [0.05, 0.1) is 16.4 Å². The Labute approximate surface area is 177 Å². The number of H-pyrrole nitrogens is 1. The van der Waals surface area contributed by atoms with E-state index >= 15 is 0 Å². The smallest absolute Gasteiger partial charge is 0.360 e. The average Bonchev–Trinajstić information content (AvgIpc) is 3.13. The molecule has 0 aliphatic carbocycles. The standard InChI is InChI=1S/C22H21ClN4O3/c1-12(2)11-27-21(28)16-7-5-4-6-15(16)19(26-27)22(29)30-13(3)20-24-17-9-8-14(23)10-18(17)25-20/h4-10,12-13H,11H2,1-3H3,(H,24,25)/t13-/m1/s1. The van der Waals surface area contributed by atoms with Crippen molar-refractivity contribution >= 4 is 39.4 Å². The lowest BCUT2D eigenvalue weighted by molar-refractivity contribution is 0.0314. The molecule has 4 aromatic rings. The first-order valence-electron chi connectivity index (χ1n) is 9.69. The summed E-state index contributed by atoms with van der Waals surface area (Å²) in [6.07, 6.45) is -0.644. The van der Waals surface area contributed by atoms with Crippen LogP contribution in [0.25, 0.3) is 21.8 Å². The summed E-state index contributed by atoms with van der Waals surface area (Å²) in [4.78, 5) is 33.3. The molecule has 0 saturated carbocycles. The maximum Gasteiger partial charge on any atom is 0.360 e. The monoisotopic (exact) mass is 424 g/mol. The number of aromatic nitrogens is 4. The van der Waals surface area contributed by atoms with Crippen LogP contribution in [0.15, 0.2) is 47.3 Å². The molecule has 2 aromatic heterocycles. The van der Waals surface area contributed by atoms with Crippen LogP contribution in [0, 0.1) is 5.92 Å². The molecule has 0 aliphatic heterocycles. The number of carbonyl (C=O) groups excluding carboxylic acids is 1. The van der Waals surface area contributed by atoms with Gasteiger partial charge in [-0.15, -0.1) is 0 Å². The number of rotatable bonds is 5. The minimum Gasteiger partial charge on any atom is -0.450 e. The fourth-order valence-corrected chi connectivity index (χ4v) is 3.49. The van der Waals surface area contributed by atoms with Gasteiger partial charge in [0, 0.05) is 17.0 Å². The van der Waals surface area contributed by atoms with Crippen LogP contribution in [0.2, 0.25) is 5.02 Å². The summed E-state index contributed by atoms with van der Waals surface area (Å²) in [6.45, 7) is 6.10. The number of hydrogen-bond donors (Lipinski definition) is 1. The van der Waals surface area contributed by atoms with Gasteiger partial charge in [-0.25, -0.2) is 14.5 Å². The Balaban J connectivity index is 1.69. The van der Waals surface area contributed by atoms with Crippen molar-refractivity contribution in [2.75, 3.05) is 0 Å². The third kappa shape index (κ3) is 3.80. The number of nitrogens with zero attached hydrogens (tertiary/aromatic N) is 3. The Bertz CT molecular complexity index is 1310. The summed E-state index contributed by atoms with van der Waals surface area (Å²) < 4.78 is 6.98. The lowest BCUT2D eigenvalue weighted by Crippen LogP contribution is -2.28. The number of aromatic amines is 1. The fraction of sp³-hybridized carbons (Fsp3) is 0.273. The number of nitrogens with one attached hydrogen (secondary N) is 1. The minimum absolute atomic E-state index is 0.108. The lowest BCUT2D eigenvalue weighted by Gasteiger charge is -2.14. The molecule has 1 N–H and O–H groups in total. The maximum absolute atomic E-state index is 13.0. The predicted octanol–water partition coefficient (Wildman–Crippen LogP) is 4.50. The Morgan fingerprint density at radius 1 is 1.17 bits per heavy atom. The molecule has 0 bridgehead atoms. The van der Waals surface area contributed by atoms with Crippen molar-refractivity contribution in [1.29, 1.82) is 0 Å². The zero-order valence-corrected chi connectivity index (χ0v) is 17.6. The summed E-state index contributed by atoms with van der Waals surface area (Å²) in [7, 11) is 0. The van der Waals surface area contributed by atoms with Gasteiger partial charge in [0.25, 0.3) is 5.56 Å². The van der Waals surface area contributed by atoms with Crippen LogP contribution in [-0.4, -0.2) is 25.7 Å². The first-order chi connectivity index (χ1) is 14.3. The van der Waals surface area contributed by atoms with Crippen molar-refractivity contribution in [1.82, 2.24) is 19.7 Å². The van der Waals surface area contributed by atoms with Crippen LogP contribution in [0.4, 0.5) is 0 Å². The highest BCUT2D eigenvalue weighted by atomic mass is 35.5. The molecule has 1 atom stereocenters. The van der Waals surface area contributed by atoms with E-state index < -0.39 is 12.1 Å². The second-order valence-electron chi connectivity index (χ2n) is 7.61. The molecule has 0 saturated heterocycles. The topological polar surface area (TPSA) is 89.9 Å². The molecule has 0 fully saturated rings. The lowest BCUT2D eigenvalue weighted by atomic mass is 10.1. The van der Waals surface area contributed by atoms with Crippen molar-refractivity contribution in [2.24, 2.45) is 5.92 Å². The van der Waals surface area contributed by atoms with Crippen LogP contribution in [0.1, 0.15) is 43.2 Å². The van der Waals surface area contributed by atoms with Gasteiger partial charge in [0.1, 0.15) is 5.82 Å². The van der Waals surface area contributed by atoms with Crippen molar-refractivity contribution in [2.45, 2.75) is 33.4 Å². The van der Waals surface area contributed by atoms with Gasteiger partial charge in [0.2, 0.25) is 0 Å². The van der Waals surface area contributed by atoms with Gasteiger partial charge in [-0.2, -0.15) is 5.10 Å². The normalized spacial score (nSPS) is 12.6. The summed E-state index contributed by atoms with van der Waals surface area (Å²) in [5.74, 6) is 0.0802. The number of halogens is 1. The van der Waals surface area contributed by atoms with Gasteiger partial charge in [-0.1, -0.05) is 43.6 Å². The van der Waals surface area contributed by atoms with E-state index in [4.69, 9.17) is 16.3 Å². The van der Waals surface area contributed by atoms with Crippen molar-refractivity contribution in [3.63, 3.8) is 0 Å². The van der Waals surface area contributed by atoms with Gasteiger partial charge in [0.15, 0.2) is 11.8 Å². The van der Waals surface area contributed by atoms with Crippen molar-refractivity contribution < 1.29 is 9.53 Å². The molecule has 0 radical (unpaired) electrons. The van der Waals surface area contributed by atoms with Crippen molar-refractivity contribution in [3.8, 4) is 0 Å². The molecule has 4 rings (SSSR count). The highest BCUT2D eigenvalue weighted by Crippen LogP contribution is 2.23. The first kappa shape index (κ1) is 20.1. The van der Waals surface area contributed by atoms with Gasteiger partial charge in [-0.05, 0) is 37.1 Å². The number of ether oxygens (including phenoxy) is 1. The molecule has 0 unspecified atom stereocenters. The van der Waals surface area contributed by atoms with Crippen LogP contribution in [-0.2, 0) is 11.3 Å². The Kier molecular flexibility index (Phi) is 5.30. The molecule has 7 nitrogen and oxygen atoms in total. The number of carbonyl (C=O) groups is 1. The van der Waals surface area contributed by atoms with Crippen molar-refractivity contribution in [3.05, 3.63) is 69.4 Å². The number of esters is 1. The summed E-state index contributed by atoms with van der Waals surface area (Å²) in [5.41, 5.74) is 1.37. The van der Waals surface area contributed by atoms with Gasteiger partial charge < -0.3 is 9.72 Å². The van der Waals surface area contributed by atoms with Crippen LogP contribution >= 0.6 is 11.6 Å². The first-order valence-corrected chi connectivity index (χ1v) is 10.1. The van der Waals surface area contributed by atoms with E-state index in [2.05, 4.69) is 15.1 Å². The molecule has 154 valence electrons. The molecular weight excluding hydrogens is 404 g/mol. The van der Waals surface area contributed by atoms with Gasteiger partial charge in [-0.3, -0.25) is 4.79 Å².